The van der Waals surface area contributed by atoms with E-state index in [4.69, 9.17) is 0 Å². The Hall–Kier alpha value is -2.13. The molecule has 2 aromatic rings. The van der Waals surface area contributed by atoms with Crippen molar-refractivity contribution in [2.45, 2.75) is 27.2 Å². The number of rotatable bonds is 6. The summed E-state index contributed by atoms with van der Waals surface area (Å²) in [5, 5.41) is 3.04. The first-order chi connectivity index (χ1) is 12.0. The number of benzene rings is 2. The fourth-order valence-electron chi connectivity index (χ4n) is 2.71. The highest BCUT2D eigenvalue weighted by Crippen LogP contribution is 2.31. The molecule has 1 amide bonds. The summed E-state index contributed by atoms with van der Waals surface area (Å²) in [6.07, 6.45) is 2.95. The monoisotopic (exact) mass is 397 g/mol. The zero-order valence-electron chi connectivity index (χ0n) is 15.0. The molecule has 3 heteroatoms. The predicted molar refractivity (Wildman–Crippen MR) is 111 cm³/mol. The lowest BCUT2D eigenvalue weighted by Crippen LogP contribution is -2.13. The lowest BCUT2D eigenvalue weighted by atomic mass is 9.90. The maximum absolute atomic E-state index is 12.6. The SMILES string of the molecule is C=C/C(=C(\C)[C@@H](C)CC)c1ccccc1NC(=O)c1cccc(Br)c1. The van der Waals surface area contributed by atoms with Gasteiger partial charge in [-0.05, 0) is 49.1 Å². The van der Waals surface area contributed by atoms with Crippen LogP contribution in [0, 0.1) is 5.92 Å². The van der Waals surface area contributed by atoms with E-state index in [9.17, 15) is 4.79 Å². The molecule has 2 rings (SSSR count). The minimum atomic E-state index is -0.127. The van der Waals surface area contributed by atoms with Gasteiger partial charge in [-0.15, -0.1) is 0 Å². The molecule has 0 saturated heterocycles. The average molecular weight is 398 g/mol. The molecule has 0 heterocycles. The van der Waals surface area contributed by atoms with E-state index in [-0.39, 0.29) is 5.91 Å². The van der Waals surface area contributed by atoms with E-state index in [1.54, 1.807) is 6.07 Å². The molecule has 0 aromatic heterocycles. The van der Waals surface area contributed by atoms with Gasteiger partial charge in [-0.1, -0.05) is 72.3 Å². The summed E-state index contributed by atoms with van der Waals surface area (Å²) in [7, 11) is 0. The second-order valence-corrected chi connectivity index (χ2v) is 7.04. The third kappa shape index (κ3) is 4.70. The van der Waals surface area contributed by atoms with Crippen molar-refractivity contribution >= 4 is 33.1 Å². The van der Waals surface area contributed by atoms with Crippen LogP contribution in [0.2, 0.25) is 0 Å². The molecule has 1 N–H and O–H groups in total. The Balaban J connectivity index is 2.41. The largest absolute Gasteiger partial charge is 0.321 e. The van der Waals surface area contributed by atoms with E-state index >= 15 is 0 Å². The van der Waals surface area contributed by atoms with Crippen LogP contribution in [0.15, 0.2) is 71.2 Å². The first-order valence-corrected chi connectivity index (χ1v) is 9.26. The second-order valence-electron chi connectivity index (χ2n) is 6.12. The van der Waals surface area contributed by atoms with E-state index in [1.807, 2.05) is 48.5 Å². The molecule has 0 radical (unpaired) electrons. The van der Waals surface area contributed by atoms with Crippen molar-refractivity contribution in [2.75, 3.05) is 5.32 Å². The number of hydrogen-bond donors (Lipinski definition) is 1. The average Bonchev–Trinajstić information content (AvgIpc) is 2.62. The van der Waals surface area contributed by atoms with Gasteiger partial charge in [0.1, 0.15) is 0 Å². The van der Waals surface area contributed by atoms with Gasteiger partial charge in [-0.25, -0.2) is 0 Å². The van der Waals surface area contributed by atoms with Crippen LogP contribution < -0.4 is 5.32 Å². The normalized spacial score (nSPS) is 13.0. The molecule has 0 unspecified atom stereocenters. The molecule has 2 nitrogen and oxygen atoms in total. The molecule has 0 fully saturated rings. The molecular formula is C22H24BrNO. The number of allylic oxidation sites excluding steroid dienone is 3. The highest BCUT2D eigenvalue weighted by molar-refractivity contribution is 9.10. The third-order valence-electron chi connectivity index (χ3n) is 4.53. The first-order valence-electron chi connectivity index (χ1n) is 8.47. The van der Waals surface area contributed by atoms with Crippen LogP contribution >= 0.6 is 15.9 Å². The Bertz CT molecular complexity index is 807. The summed E-state index contributed by atoms with van der Waals surface area (Å²) in [5.41, 5.74) is 4.77. The van der Waals surface area contributed by atoms with Gasteiger partial charge in [-0.2, -0.15) is 0 Å². The van der Waals surface area contributed by atoms with Gasteiger partial charge in [0.15, 0.2) is 0 Å². The minimum Gasteiger partial charge on any atom is -0.321 e. The molecule has 0 aliphatic carbocycles. The number of carbonyl (C=O) groups excluding carboxylic acids is 1. The van der Waals surface area contributed by atoms with Crippen LogP contribution in [0.3, 0.4) is 0 Å². The van der Waals surface area contributed by atoms with E-state index in [0.717, 1.165) is 27.7 Å². The molecule has 0 aliphatic heterocycles. The molecule has 0 bridgehead atoms. The molecule has 130 valence electrons. The Morgan fingerprint density at radius 1 is 1.24 bits per heavy atom. The number of amides is 1. The van der Waals surface area contributed by atoms with Gasteiger partial charge < -0.3 is 5.32 Å². The number of hydrogen-bond acceptors (Lipinski definition) is 1. The molecule has 25 heavy (non-hydrogen) atoms. The predicted octanol–water partition coefficient (Wildman–Crippen LogP) is 6.71. The highest BCUT2D eigenvalue weighted by atomic mass is 79.9. The maximum atomic E-state index is 12.6. The van der Waals surface area contributed by atoms with Crippen LogP contribution in [0.5, 0.6) is 0 Å². The molecule has 2 aromatic carbocycles. The highest BCUT2D eigenvalue weighted by Gasteiger charge is 2.14. The zero-order valence-corrected chi connectivity index (χ0v) is 16.6. The number of carbonyl (C=O) groups is 1. The summed E-state index contributed by atoms with van der Waals surface area (Å²) in [6, 6.07) is 15.2. The number of para-hydroxylation sites is 1. The first kappa shape index (κ1) is 19.2. The molecule has 0 saturated carbocycles. The quantitative estimate of drug-likeness (QED) is 0.539. The van der Waals surface area contributed by atoms with E-state index < -0.39 is 0 Å². The fourth-order valence-corrected chi connectivity index (χ4v) is 3.11. The van der Waals surface area contributed by atoms with Crippen molar-refractivity contribution in [1.82, 2.24) is 0 Å². The van der Waals surface area contributed by atoms with Gasteiger partial charge in [0.05, 0.1) is 0 Å². The Kier molecular flexibility index (Phi) is 6.77. The van der Waals surface area contributed by atoms with Crippen molar-refractivity contribution in [3.8, 4) is 0 Å². The van der Waals surface area contributed by atoms with Crippen LogP contribution in [0.4, 0.5) is 5.69 Å². The summed E-state index contributed by atoms with van der Waals surface area (Å²) in [5.74, 6) is 0.334. The number of anilines is 1. The smallest absolute Gasteiger partial charge is 0.255 e. The Morgan fingerprint density at radius 2 is 1.96 bits per heavy atom. The van der Waals surface area contributed by atoms with Gasteiger partial charge >= 0.3 is 0 Å². The fraction of sp³-hybridized carbons (Fsp3) is 0.227. The van der Waals surface area contributed by atoms with Crippen LogP contribution in [-0.2, 0) is 0 Å². The van der Waals surface area contributed by atoms with Crippen molar-refractivity contribution in [3.05, 3.63) is 82.4 Å². The second kappa shape index (κ2) is 8.82. The van der Waals surface area contributed by atoms with Crippen molar-refractivity contribution in [1.29, 1.82) is 0 Å². The van der Waals surface area contributed by atoms with Gasteiger partial charge in [0.2, 0.25) is 0 Å². The Morgan fingerprint density at radius 3 is 2.60 bits per heavy atom. The summed E-state index contributed by atoms with van der Waals surface area (Å²) >= 11 is 3.41. The van der Waals surface area contributed by atoms with Crippen LogP contribution in [0.25, 0.3) is 5.57 Å². The standard InChI is InChI=1S/C22H24BrNO/c1-5-15(3)16(4)19(6-2)20-12-7-8-13-21(20)24-22(25)17-10-9-11-18(23)14-17/h6-15H,2,5H2,1,3-4H3,(H,24,25)/b19-16-/t15-/m0/s1. The van der Waals surface area contributed by atoms with E-state index in [1.165, 1.54) is 5.57 Å². The number of nitrogens with one attached hydrogen (secondary N) is 1. The summed E-state index contributed by atoms with van der Waals surface area (Å²) in [4.78, 5) is 12.6. The van der Waals surface area contributed by atoms with E-state index in [0.29, 0.717) is 11.5 Å². The van der Waals surface area contributed by atoms with Gasteiger partial charge in [-0.3, -0.25) is 4.79 Å². The molecule has 0 spiro atoms. The minimum absolute atomic E-state index is 0.127. The number of halogens is 1. The van der Waals surface area contributed by atoms with Crippen LogP contribution in [-0.4, -0.2) is 5.91 Å². The van der Waals surface area contributed by atoms with Crippen molar-refractivity contribution in [2.24, 2.45) is 5.92 Å². The summed E-state index contributed by atoms with van der Waals surface area (Å²) in [6.45, 7) is 10.5. The molecular weight excluding hydrogens is 374 g/mol. The van der Waals surface area contributed by atoms with Gasteiger partial charge in [0, 0.05) is 21.3 Å². The van der Waals surface area contributed by atoms with Crippen LogP contribution in [0.1, 0.15) is 43.1 Å². The maximum Gasteiger partial charge on any atom is 0.255 e. The van der Waals surface area contributed by atoms with E-state index in [2.05, 4.69) is 48.6 Å². The topological polar surface area (TPSA) is 29.1 Å². The zero-order chi connectivity index (χ0) is 18.4. The van der Waals surface area contributed by atoms with Crippen molar-refractivity contribution in [3.63, 3.8) is 0 Å². The van der Waals surface area contributed by atoms with Gasteiger partial charge in [0.25, 0.3) is 5.91 Å². The lowest BCUT2D eigenvalue weighted by Gasteiger charge is -2.18. The Labute approximate surface area is 158 Å². The molecule has 1 atom stereocenters. The van der Waals surface area contributed by atoms with Crippen molar-refractivity contribution < 1.29 is 4.79 Å². The lowest BCUT2D eigenvalue weighted by molar-refractivity contribution is 0.102. The third-order valence-corrected chi connectivity index (χ3v) is 5.03. The molecule has 0 aliphatic rings. The summed E-state index contributed by atoms with van der Waals surface area (Å²) < 4.78 is 0.882.